The molecule has 8 nitrogen and oxygen atoms in total. The lowest BCUT2D eigenvalue weighted by Gasteiger charge is -2.27. The van der Waals surface area contributed by atoms with E-state index in [1.54, 1.807) is 22.7 Å². The average molecular weight is 606 g/mol. The zero-order valence-corrected chi connectivity index (χ0v) is 25.8. The molecule has 0 aliphatic rings. The van der Waals surface area contributed by atoms with Crippen LogP contribution in [0.25, 0.3) is 0 Å². The van der Waals surface area contributed by atoms with Crippen LogP contribution >= 0.6 is 22.7 Å². The molecular weight excluding hydrogens is 571 g/mol. The van der Waals surface area contributed by atoms with Gasteiger partial charge in [-0.1, -0.05) is 0 Å². The summed E-state index contributed by atoms with van der Waals surface area (Å²) in [7, 11) is 3.95. The molecule has 0 amide bonds. The van der Waals surface area contributed by atoms with Crippen molar-refractivity contribution in [3.63, 3.8) is 0 Å². The highest BCUT2D eigenvalue weighted by Crippen LogP contribution is 2.24. The number of azo groups is 2. The summed E-state index contributed by atoms with van der Waals surface area (Å²) in [5, 5.41) is 23.2. The first-order valence-electron chi connectivity index (χ1n) is 12.5. The summed E-state index contributed by atoms with van der Waals surface area (Å²) < 4.78 is 3.93. The first kappa shape index (κ1) is 32.3. The standard InChI is InChI=1S/C27H34N8S2.2ClH/c1-5-34(24-12-8-22(9-13-24)28-30-26-32(3)18-20-36-26)16-7-17-35(6-2)25-14-10-23(11-15-25)29-31-27-33(4)19-21-37-27;;/h8-15,18-21H,5-7,16-17H2,1-4H3;2*1H/q+2;;/p-2. The van der Waals surface area contributed by atoms with Gasteiger partial charge in [0.05, 0.1) is 24.3 Å². The van der Waals surface area contributed by atoms with Gasteiger partial charge in [0.15, 0.2) is 0 Å². The number of hydrogen-bond donors (Lipinski definition) is 0. The smallest absolute Gasteiger partial charge is 0.408 e. The molecule has 0 aliphatic carbocycles. The maximum Gasteiger partial charge on any atom is 0.408 e. The van der Waals surface area contributed by atoms with Crippen molar-refractivity contribution in [1.29, 1.82) is 0 Å². The van der Waals surface area contributed by atoms with E-state index >= 15 is 0 Å². The molecular formula is C27H34Cl2N8S2. The Morgan fingerprint density at radius 2 is 1.00 bits per heavy atom. The van der Waals surface area contributed by atoms with Crippen LogP contribution < -0.4 is 43.7 Å². The van der Waals surface area contributed by atoms with Gasteiger partial charge in [-0.2, -0.15) is 0 Å². The fourth-order valence-corrected chi connectivity index (χ4v) is 5.26. The predicted octanol–water partition coefficient (Wildman–Crippen LogP) is 1.04. The summed E-state index contributed by atoms with van der Waals surface area (Å²) in [5.74, 6) is 0. The Hall–Kier alpha value is -2.92. The minimum absolute atomic E-state index is 0. The van der Waals surface area contributed by atoms with Gasteiger partial charge in [-0.15, -0.1) is 0 Å². The molecule has 0 aliphatic heterocycles. The normalized spacial score (nSPS) is 11.0. The Balaban J connectivity index is 0.00000267. The molecule has 0 radical (unpaired) electrons. The number of aromatic nitrogens is 2. The van der Waals surface area contributed by atoms with Crippen molar-refractivity contribution in [3.8, 4) is 0 Å². The first-order chi connectivity index (χ1) is 18.1. The van der Waals surface area contributed by atoms with Crippen LogP contribution in [0.15, 0.2) is 92.1 Å². The molecule has 4 aromatic rings. The van der Waals surface area contributed by atoms with Gasteiger partial charge in [0.25, 0.3) is 0 Å². The third-order valence-corrected chi connectivity index (χ3v) is 7.75. The molecule has 2 aromatic carbocycles. The molecule has 39 heavy (non-hydrogen) atoms. The zero-order valence-electron chi connectivity index (χ0n) is 22.6. The number of anilines is 2. The van der Waals surface area contributed by atoms with Crippen molar-refractivity contribution in [2.45, 2.75) is 20.3 Å². The molecule has 0 spiro atoms. The van der Waals surface area contributed by atoms with Crippen LogP contribution in [-0.2, 0) is 14.1 Å². The van der Waals surface area contributed by atoms with E-state index in [2.05, 4.69) is 68.4 Å². The summed E-state index contributed by atoms with van der Waals surface area (Å²) in [6.45, 7) is 8.29. The number of thiazole rings is 2. The monoisotopic (exact) mass is 604 g/mol. The molecule has 0 bridgehead atoms. The lowest BCUT2D eigenvalue weighted by molar-refractivity contribution is -0.654. The minimum atomic E-state index is 0. The van der Waals surface area contributed by atoms with Crippen LogP contribution in [-0.4, -0.2) is 26.2 Å². The number of hydrogen-bond acceptors (Lipinski definition) is 8. The third-order valence-electron chi connectivity index (χ3n) is 6.07. The van der Waals surface area contributed by atoms with E-state index in [-0.39, 0.29) is 24.8 Å². The molecule has 4 rings (SSSR count). The van der Waals surface area contributed by atoms with E-state index in [1.165, 1.54) is 11.4 Å². The molecule has 2 heterocycles. The minimum Gasteiger partial charge on any atom is -1.00 e. The van der Waals surface area contributed by atoms with Gasteiger partial charge < -0.3 is 34.6 Å². The fourth-order valence-electron chi connectivity index (χ4n) is 3.90. The lowest BCUT2D eigenvalue weighted by Crippen LogP contribution is -3.00. The van der Waals surface area contributed by atoms with Gasteiger partial charge in [-0.05, 0) is 102 Å². The highest BCUT2D eigenvalue weighted by Gasteiger charge is 2.11. The molecule has 0 saturated carbocycles. The molecule has 0 saturated heterocycles. The van der Waals surface area contributed by atoms with E-state index in [0.717, 1.165) is 54.2 Å². The van der Waals surface area contributed by atoms with Gasteiger partial charge >= 0.3 is 10.3 Å². The van der Waals surface area contributed by atoms with Crippen LogP contribution in [0.4, 0.5) is 33.0 Å². The Labute approximate surface area is 251 Å². The average Bonchev–Trinajstić information content (AvgIpc) is 3.54. The maximum atomic E-state index is 4.38. The SMILES string of the molecule is CCN(CCCN(CC)c1ccc(N=Nc2scc[n+]2C)cc1)c1ccc(N=Nc2scc[n+]2C)cc1.[Cl-].[Cl-]. The molecule has 208 valence electrons. The molecule has 0 atom stereocenters. The van der Waals surface area contributed by atoms with Gasteiger partial charge in [0, 0.05) is 48.3 Å². The Morgan fingerprint density at radius 3 is 1.31 bits per heavy atom. The predicted molar refractivity (Wildman–Crippen MR) is 153 cm³/mol. The van der Waals surface area contributed by atoms with Crippen molar-refractivity contribution in [2.75, 3.05) is 36.0 Å². The first-order valence-corrected chi connectivity index (χ1v) is 14.2. The highest BCUT2D eigenvalue weighted by molar-refractivity contribution is 7.13. The van der Waals surface area contributed by atoms with E-state index in [9.17, 15) is 0 Å². The van der Waals surface area contributed by atoms with Crippen molar-refractivity contribution in [2.24, 2.45) is 34.6 Å². The summed E-state index contributed by atoms with van der Waals surface area (Å²) in [6, 6.07) is 16.7. The van der Waals surface area contributed by atoms with Crippen molar-refractivity contribution in [3.05, 3.63) is 71.7 Å². The Kier molecular flexibility index (Phi) is 13.5. The summed E-state index contributed by atoms with van der Waals surface area (Å²) in [6.07, 6.45) is 5.03. The topological polar surface area (TPSA) is 63.7 Å². The summed E-state index contributed by atoms with van der Waals surface area (Å²) >= 11 is 3.15. The Morgan fingerprint density at radius 1 is 0.615 bits per heavy atom. The summed E-state index contributed by atoms with van der Waals surface area (Å²) in [4.78, 5) is 4.81. The van der Waals surface area contributed by atoms with Gasteiger partial charge in [-0.3, -0.25) is 0 Å². The second-order valence-corrected chi connectivity index (χ2v) is 10.3. The van der Waals surface area contributed by atoms with Crippen LogP contribution in [0.3, 0.4) is 0 Å². The van der Waals surface area contributed by atoms with E-state index < -0.39 is 0 Å². The maximum absolute atomic E-state index is 4.38. The summed E-state index contributed by atoms with van der Waals surface area (Å²) in [5.41, 5.74) is 4.13. The Bertz CT molecular complexity index is 1220. The molecule has 0 unspecified atom stereocenters. The van der Waals surface area contributed by atoms with Crippen LogP contribution in [0.1, 0.15) is 20.3 Å². The number of benzene rings is 2. The molecule has 12 heteroatoms. The molecule has 2 aromatic heterocycles. The number of halogens is 2. The zero-order chi connectivity index (χ0) is 26.0. The van der Waals surface area contributed by atoms with Gasteiger partial charge in [0.1, 0.15) is 23.8 Å². The quantitative estimate of drug-likeness (QED) is 0.179. The van der Waals surface area contributed by atoms with Gasteiger partial charge in [-0.25, -0.2) is 9.13 Å². The van der Waals surface area contributed by atoms with Crippen LogP contribution in [0.2, 0.25) is 0 Å². The molecule has 0 N–H and O–H groups in total. The van der Waals surface area contributed by atoms with Crippen molar-refractivity contribution < 1.29 is 33.9 Å². The van der Waals surface area contributed by atoms with Crippen molar-refractivity contribution >= 4 is 55.7 Å². The van der Waals surface area contributed by atoms with Crippen LogP contribution in [0.5, 0.6) is 0 Å². The van der Waals surface area contributed by atoms with Crippen LogP contribution in [0, 0.1) is 0 Å². The van der Waals surface area contributed by atoms with E-state index in [4.69, 9.17) is 0 Å². The third kappa shape index (κ3) is 9.06. The molecule has 0 fully saturated rings. The largest absolute Gasteiger partial charge is 1.00 e. The van der Waals surface area contributed by atoms with E-state index in [0.29, 0.717) is 0 Å². The van der Waals surface area contributed by atoms with E-state index in [1.807, 2.05) is 70.6 Å². The fraction of sp³-hybridized carbons (Fsp3) is 0.333. The number of aryl methyl sites for hydroxylation is 2. The number of rotatable bonds is 12. The van der Waals surface area contributed by atoms with Crippen molar-refractivity contribution in [1.82, 2.24) is 0 Å². The second-order valence-electron chi connectivity index (χ2n) is 8.54. The highest BCUT2D eigenvalue weighted by atomic mass is 35.5. The van der Waals surface area contributed by atoms with Gasteiger partial charge in [0.2, 0.25) is 0 Å². The lowest BCUT2D eigenvalue weighted by atomic mass is 10.2. The number of nitrogens with zero attached hydrogens (tertiary/aromatic N) is 8. The second kappa shape index (κ2) is 16.2.